The number of carbonyl (C=O) groups is 2. The molecule has 0 saturated heterocycles. The molecule has 0 rings (SSSR count). The molecule has 77 heavy (non-hydrogen) atoms. The Morgan fingerprint density at radius 2 is 0.662 bits per heavy atom. The van der Waals surface area contributed by atoms with Crippen LogP contribution < -0.4 is 0 Å². The number of hydrogen-bond acceptors (Lipinski definition) is 7. The molecule has 0 aromatic rings. The van der Waals surface area contributed by atoms with Crippen molar-refractivity contribution >= 4 is 19.8 Å². The van der Waals surface area contributed by atoms with Crippen molar-refractivity contribution in [2.24, 2.45) is 0 Å². The topological polar surface area (TPSA) is 108 Å². The number of ether oxygens (including phenoxy) is 2. The van der Waals surface area contributed by atoms with Gasteiger partial charge in [-0.3, -0.25) is 18.6 Å². The third-order valence-corrected chi connectivity index (χ3v) is 16.5. The third kappa shape index (κ3) is 63.8. The molecule has 0 amide bonds. The summed E-state index contributed by atoms with van der Waals surface area (Å²) in [4.78, 5) is 35.8. The molecule has 0 fully saturated rings. The number of likely N-dealkylation sites (N-methyl/N-ethyl adjacent to an activating group) is 1. The van der Waals surface area contributed by atoms with Crippen molar-refractivity contribution in [1.29, 1.82) is 0 Å². The first kappa shape index (κ1) is 75.8. The fourth-order valence-electron chi connectivity index (χ4n) is 10.3. The average molecular weight is 1110 g/mol. The van der Waals surface area contributed by atoms with Gasteiger partial charge in [0.2, 0.25) is 0 Å². The molecule has 0 spiro atoms. The minimum atomic E-state index is -4.38. The zero-order valence-corrected chi connectivity index (χ0v) is 53.1. The largest absolute Gasteiger partial charge is 0.472 e. The second-order valence-electron chi connectivity index (χ2n) is 24.6. The Kier molecular flexibility index (Phi) is 58.4. The Morgan fingerprint density at radius 1 is 0.390 bits per heavy atom. The highest BCUT2D eigenvalue weighted by Gasteiger charge is 2.27. The van der Waals surface area contributed by atoms with E-state index in [1.54, 1.807) is 0 Å². The number of nitrogens with zero attached hydrogens (tertiary/aromatic N) is 1. The van der Waals surface area contributed by atoms with E-state index in [1.165, 1.54) is 289 Å². The molecule has 2 atom stereocenters. The van der Waals surface area contributed by atoms with E-state index in [9.17, 15) is 19.0 Å². The highest BCUT2D eigenvalue weighted by atomic mass is 31.2. The number of unbranched alkanes of at least 4 members (excludes halogenated alkanes) is 48. The number of allylic oxidation sites excluding steroid dienone is 2. The van der Waals surface area contributed by atoms with Crippen molar-refractivity contribution in [1.82, 2.24) is 0 Å². The molecule has 0 bridgehead atoms. The molecule has 0 heterocycles. The minimum Gasteiger partial charge on any atom is -0.462 e. The Labute approximate surface area is 479 Å². The number of phosphoric ester groups is 1. The molecule has 1 N–H and O–H groups in total. The Morgan fingerprint density at radius 3 is 0.961 bits per heavy atom. The van der Waals surface area contributed by atoms with Crippen LogP contribution in [0.25, 0.3) is 0 Å². The van der Waals surface area contributed by atoms with Gasteiger partial charge in [0.15, 0.2) is 6.10 Å². The van der Waals surface area contributed by atoms with Crippen molar-refractivity contribution in [3.8, 4) is 0 Å². The second-order valence-corrected chi connectivity index (χ2v) is 26.0. The van der Waals surface area contributed by atoms with Crippen molar-refractivity contribution in [3.63, 3.8) is 0 Å². The summed E-state index contributed by atoms with van der Waals surface area (Å²) in [5, 5.41) is 0. The lowest BCUT2D eigenvalue weighted by Gasteiger charge is -2.24. The van der Waals surface area contributed by atoms with Gasteiger partial charge in [-0.15, -0.1) is 0 Å². The summed E-state index contributed by atoms with van der Waals surface area (Å²) < 4.78 is 34.7. The van der Waals surface area contributed by atoms with Crippen LogP contribution in [0.1, 0.15) is 354 Å². The molecule has 0 aromatic heterocycles. The number of hydrogen-bond donors (Lipinski definition) is 1. The van der Waals surface area contributed by atoms with E-state index in [2.05, 4.69) is 26.0 Å². The van der Waals surface area contributed by atoms with Gasteiger partial charge in [-0.2, -0.15) is 0 Å². The lowest BCUT2D eigenvalue weighted by atomic mass is 10.0. The molecular formula is C67H133NO8P+. The molecule has 10 heteroatoms. The summed E-state index contributed by atoms with van der Waals surface area (Å²) in [6.45, 7) is 4.51. The van der Waals surface area contributed by atoms with Crippen LogP contribution in [0.4, 0.5) is 0 Å². The molecule has 0 saturated carbocycles. The molecule has 0 aromatic carbocycles. The van der Waals surface area contributed by atoms with Gasteiger partial charge < -0.3 is 18.9 Å². The standard InChI is InChI=1S/C67H132NO8P/c1-6-8-10-12-14-16-18-20-22-24-26-27-28-29-30-31-32-33-34-35-36-37-38-39-40-41-42-44-46-48-50-52-54-56-58-60-67(70)76-65(64-75-77(71,72)74-62-61-68(3,4)5)63-73-66(69)59-57-55-53-51-49-47-45-43-25-23-21-19-17-15-13-11-9-7-2/h24,26,65H,6-23,25,27-64H2,1-5H3/p+1/b26-24-. The molecular weight excluding hydrogens is 978 g/mol. The quantitative estimate of drug-likeness (QED) is 0.0211. The molecule has 0 radical (unpaired) electrons. The molecule has 0 aliphatic rings. The summed E-state index contributed by atoms with van der Waals surface area (Å²) in [5.74, 6) is -0.772. The highest BCUT2D eigenvalue weighted by Crippen LogP contribution is 2.43. The van der Waals surface area contributed by atoms with Gasteiger partial charge >= 0.3 is 19.8 Å². The minimum absolute atomic E-state index is 0.0367. The lowest BCUT2D eigenvalue weighted by Crippen LogP contribution is -2.37. The van der Waals surface area contributed by atoms with Gasteiger partial charge in [0.25, 0.3) is 0 Å². The van der Waals surface area contributed by atoms with E-state index in [-0.39, 0.29) is 25.6 Å². The summed E-state index contributed by atoms with van der Waals surface area (Å²) >= 11 is 0. The van der Waals surface area contributed by atoms with E-state index in [4.69, 9.17) is 18.5 Å². The monoisotopic (exact) mass is 1110 g/mol. The first-order valence-corrected chi connectivity index (χ1v) is 35.4. The summed E-state index contributed by atoms with van der Waals surface area (Å²) in [6.07, 6.45) is 71.8. The van der Waals surface area contributed by atoms with Gasteiger partial charge in [0.1, 0.15) is 19.8 Å². The molecule has 458 valence electrons. The average Bonchev–Trinajstić information content (AvgIpc) is 3.39. The van der Waals surface area contributed by atoms with Gasteiger partial charge in [-0.1, -0.05) is 315 Å². The molecule has 0 aliphatic carbocycles. The zero-order valence-electron chi connectivity index (χ0n) is 52.2. The Bertz CT molecular complexity index is 1300. The highest BCUT2D eigenvalue weighted by molar-refractivity contribution is 7.47. The first-order valence-electron chi connectivity index (χ1n) is 33.9. The number of quaternary nitrogens is 1. The van der Waals surface area contributed by atoms with Crippen molar-refractivity contribution in [3.05, 3.63) is 12.2 Å². The van der Waals surface area contributed by atoms with Gasteiger partial charge in [-0.05, 0) is 38.5 Å². The van der Waals surface area contributed by atoms with E-state index < -0.39 is 26.5 Å². The van der Waals surface area contributed by atoms with Crippen molar-refractivity contribution in [2.45, 2.75) is 360 Å². The maximum Gasteiger partial charge on any atom is 0.472 e. The Balaban J connectivity index is 3.93. The number of phosphoric acid groups is 1. The van der Waals surface area contributed by atoms with Gasteiger partial charge in [0.05, 0.1) is 27.7 Å². The van der Waals surface area contributed by atoms with E-state index >= 15 is 0 Å². The smallest absolute Gasteiger partial charge is 0.462 e. The summed E-state index contributed by atoms with van der Waals surface area (Å²) in [5.41, 5.74) is 0. The van der Waals surface area contributed by atoms with Crippen LogP contribution in [0.3, 0.4) is 0 Å². The van der Waals surface area contributed by atoms with Crippen LogP contribution in [0.15, 0.2) is 12.2 Å². The van der Waals surface area contributed by atoms with E-state index in [1.807, 2.05) is 21.1 Å². The van der Waals surface area contributed by atoms with E-state index in [0.717, 1.165) is 38.5 Å². The fourth-order valence-corrected chi connectivity index (χ4v) is 11.1. The maximum absolute atomic E-state index is 12.9. The van der Waals surface area contributed by atoms with Gasteiger partial charge in [-0.25, -0.2) is 4.57 Å². The molecule has 0 aliphatic heterocycles. The van der Waals surface area contributed by atoms with E-state index in [0.29, 0.717) is 17.4 Å². The Hall–Kier alpha value is -1.25. The predicted octanol–water partition coefficient (Wildman–Crippen LogP) is 21.6. The maximum atomic E-state index is 12.9. The third-order valence-electron chi connectivity index (χ3n) is 15.5. The van der Waals surface area contributed by atoms with Crippen molar-refractivity contribution < 1.29 is 42.1 Å². The van der Waals surface area contributed by atoms with Crippen LogP contribution in [-0.4, -0.2) is 74.9 Å². The normalized spacial score (nSPS) is 13.2. The predicted molar refractivity (Wildman–Crippen MR) is 331 cm³/mol. The zero-order chi connectivity index (χ0) is 56.3. The molecule has 9 nitrogen and oxygen atoms in total. The SMILES string of the molecule is CCCCCCCCCC/C=C\CCCCCCCCCCCCCCCCCCCCCCCCCC(=O)OC(COC(=O)CCCCCCCCCCCCCCCCCCCC)COP(=O)(O)OCC[N+](C)(C)C. The summed E-state index contributed by atoms with van der Waals surface area (Å²) in [7, 11) is 1.50. The van der Waals surface area contributed by atoms with Crippen LogP contribution in [-0.2, 0) is 32.7 Å². The number of esters is 2. The number of carbonyl (C=O) groups excluding carboxylic acids is 2. The molecule has 2 unspecified atom stereocenters. The number of rotatable bonds is 64. The summed E-state index contributed by atoms with van der Waals surface area (Å²) in [6, 6.07) is 0. The fraction of sp³-hybridized carbons (Fsp3) is 0.940. The lowest BCUT2D eigenvalue weighted by molar-refractivity contribution is -0.870. The van der Waals surface area contributed by atoms with Crippen LogP contribution >= 0.6 is 7.82 Å². The van der Waals surface area contributed by atoms with Crippen LogP contribution in [0, 0.1) is 0 Å². The second kappa shape index (κ2) is 59.4. The van der Waals surface area contributed by atoms with Gasteiger partial charge in [0, 0.05) is 12.8 Å². The van der Waals surface area contributed by atoms with Crippen LogP contribution in [0.5, 0.6) is 0 Å². The van der Waals surface area contributed by atoms with Crippen molar-refractivity contribution in [2.75, 3.05) is 47.5 Å². The first-order chi connectivity index (χ1) is 37.5. The van der Waals surface area contributed by atoms with Crippen LogP contribution in [0.2, 0.25) is 0 Å².